The lowest BCUT2D eigenvalue weighted by Gasteiger charge is -2.19. The Kier molecular flexibility index (Phi) is 7.81. The molecule has 206 valence electrons. The van der Waals surface area contributed by atoms with Gasteiger partial charge in [0.25, 0.3) is 0 Å². The first-order valence-electron chi connectivity index (χ1n) is 11.7. The molecule has 0 aliphatic heterocycles. The summed E-state index contributed by atoms with van der Waals surface area (Å²) in [7, 11) is -12.5. The molecule has 0 bridgehead atoms. The number of phenolic OH excluding ortho intramolecular Hbond substituents is 1. The van der Waals surface area contributed by atoms with E-state index in [9.17, 15) is 30.4 Å². The first-order valence-corrected chi connectivity index (χ1v) is 16.2. The van der Waals surface area contributed by atoms with E-state index in [1.807, 2.05) is 0 Å². The first kappa shape index (κ1) is 28.3. The van der Waals surface area contributed by atoms with Gasteiger partial charge in [-0.05, 0) is 12.1 Å². The van der Waals surface area contributed by atoms with Gasteiger partial charge in [0.05, 0.1) is 54.0 Å². The summed E-state index contributed by atoms with van der Waals surface area (Å²) in [5.41, 5.74) is 10.9. The van der Waals surface area contributed by atoms with Gasteiger partial charge in [-0.25, -0.2) is 39.4 Å². The van der Waals surface area contributed by atoms with Crippen molar-refractivity contribution in [1.29, 1.82) is 0 Å². The van der Waals surface area contributed by atoms with E-state index in [1.54, 1.807) is 0 Å². The molecule has 4 aromatic rings. The summed E-state index contributed by atoms with van der Waals surface area (Å²) in [6, 6.07) is 8.06. The molecular weight excluding hydrogens is 556 g/mol. The number of hydrogen-bond acceptors (Lipinski definition) is 7. The standard InChI is InChI=1S/C22H28N6O7S3/c23-5-8-26-36(30,31)18-11-17(29)13-1-2-15-19(37(32,33)27-9-6-24)12-20(38(34,35)28-10-7-25)16-4-3-14(18)21(13)22(15)16/h1-4,11-12,26-29H,5-10,23-25H2/p+3. The fourth-order valence-electron chi connectivity index (χ4n) is 4.40. The van der Waals surface area contributed by atoms with E-state index in [4.69, 9.17) is 0 Å². The summed E-state index contributed by atoms with van der Waals surface area (Å²) in [5, 5.41) is 12.0. The summed E-state index contributed by atoms with van der Waals surface area (Å²) in [6.45, 7) is 0.916. The summed E-state index contributed by atoms with van der Waals surface area (Å²) < 4.78 is 86.7. The van der Waals surface area contributed by atoms with E-state index in [-0.39, 0.29) is 85.5 Å². The zero-order valence-corrected chi connectivity index (χ0v) is 22.9. The van der Waals surface area contributed by atoms with Crippen molar-refractivity contribution < 1.29 is 47.6 Å². The molecule has 0 aliphatic carbocycles. The van der Waals surface area contributed by atoms with Crippen molar-refractivity contribution >= 4 is 62.4 Å². The number of rotatable bonds is 12. The number of sulfonamides is 3. The Morgan fingerprint density at radius 2 is 0.868 bits per heavy atom. The molecule has 0 saturated carbocycles. The minimum absolute atomic E-state index is 0.0211. The van der Waals surface area contributed by atoms with Gasteiger partial charge < -0.3 is 22.3 Å². The predicted octanol–water partition coefficient (Wildman–Crippen LogP) is -3.15. The summed E-state index contributed by atoms with van der Waals surface area (Å²) in [5.74, 6) is -0.357. The quantitative estimate of drug-likeness (QED) is 0.0839. The zero-order chi connectivity index (χ0) is 27.9. The van der Waals surface area contributed by atoms with Crippen LogP contribution in [-0.4, -0.2) is 69.6 Å². The number of phenols is 1. The largest absolute Gasteiger partial charge is 0.507 e. The van der Waals surface area contributed by atoms with Crippen molar-refractivity contribution in [3.05, 3.63) is 36.4 Å². The van der Waals surface area contributed by atoms with Gasteiger partial charge in [0.2, 0.25) is 30.1 Å². The molecule has 0 fully saturated rings. The molecule has 0 heterocycles. The van der Waals surface area contributed by atoms with E-state index in [1.165, 1.54) is 24.3 Å². The highest BCUT2D eigenvalue weighted by molar-refractivity contribution is 7.90. The van der Waals surface area contributed by atoms with Gasteiger partial charge >= 0.3 is 0 Å². The second-order valence-electron chi connectivity index (χ2n) is 8.59. The molecule has 0 atom stereocenters. The van der Waals surface area contributed by atoms with Crippen molar-refractivity contribution in [2.45, 2.75) is 14.7 Å². The number of hydrogen-bond donors (Lipinski definition) is 7. The first-order chi connectivity index (χ1) is 17.9. The van der Waals surface area contributed by atoms with Crippen LogP contribution in [0.4, 0.5) is 0 Å². The van der Waals surface area contributed by atoms with E-state index in [2.05, 4.69) is 31.4 Å². The Morgan fingerprint density at radius 1 is 0.553 bits per heavy atom. The Balaban J connectivity index is 2.21. The molecule has 4 aromatic carbocycles. The van der Waals surface area contributed by atoms with Gasteiger partial charge in [-0.15, -0.1) is 0 Å². The van der Waals surface area contributed by atoms with Gasteiger partial charge in [-0.2, -0.15) is 0 Å². The van der Waals surface area contributed by atoms with Crippen molar-refractivity contribution in [2.75, 3.05) is 39.3 Å². The summed E-state index contributed by atoms with van der Waals surface area (Å²) >= 11 is 0. The minimum atomic E-state index is -4.21. The third kappa shape index (κ3) is 4.90. The Bertz CT molecular complexity index is 1780. The highest BCUT2D eigenvalue weighted by Crippen LogP contribution is 2.44. The van der Waals surface area contributed by atoms with Gasteiger partial charge in [0, 0.05) is 38.4 Å². The van der Waals surface area contributed by atoms with E-state index in [0.717, 1.165) is 12.1 Å². The minimum Gasteiger partial charge on any atom is -0.507 e. The fraction of sp³-hybridized carbons (Fsp3) is 0.273. The molecule has 38 heavy (non-hydrogen) atoms. The van der Waals surface area contributed by atoms with E-state index >= 15 is 0 Å². The Labute approximate surface area is 219 Å². The van der Waals surface area contributed by atoms with Crippen LogP contribution in [0.1, 0.15) is 0 Å². The van der Waals surface area contributed by atoms with Crippen LogP contribution in [0.5, 0.6) is 5.75 Å². The van der Waals surface area contributed by atoms with Crippen molar-refractivity contribution in [2.24, 2.45) is 0 Å². The van der Waals surface area contributed by atoms with Crippen LogP contribution in [0, 0.1) is 0 Å². The van der Waals surface area contributed by atoms with Crippen LogP contribution in [0.15, 0.2) is 51.1 Å². The third-order valence-corrected chi connectivity index (χ3v) is 10.5. The fourth-order valence-corrected chi connectivity index (χ4v) is 8.37. The van der Waals surface area contributed by atoms with Crippen molar-refractivity contribution in [3.8, 4) is 5.75 Å². The van der Waals surface area contributed by atoms with Gasteiger partial charge in [0.1, 0.15) is 5.75 Å². The van der Waals surface area contributed by atoms with Crippen LogP contribution < -0.4 is 31.4 Å². The Hall–Kier alpha value is -2.67. The molecule has 13 nitrogen and oxygen atoms in total. The molecule has 0 spiro atoms. The maximum Gasteiger partial charge on any atom is 0.241 e. The highest BCUT2D eigenvalue weighted by atomic mass is 32.2. The predicted molar refractivity (Wildman–Crippen MR) is 141 cm³/mol. The van der Waals surface area contributed by atoms with Gasteiger partial charge in [0.15, 0.2) is 0 Å². The molecule has 4 rings (SSSR count). The van der Waals surface area contributed by atoms with Crippen LogP contribution in [0.3, 0.4) is 0 Å². The molecule has 0 aromatic heterocycles. The summed E-state index contributed by atoms with van der Waals surface area (Å²) in [4.78, 5) is -0.829. The number of benzene rings is 4. The lowest BCUT2D eigenvalue weighted by atomic mass is 9.94. The molecule has 0 saturated heterocycles. The lowest BCUT2D eigenvalue weighted by molar-refractivity contribution is -0.364. The Morgan fingerprint density at radius 3 is 1.24 bits per heavy atom. The average Bonchev–Trinajstić information content (AvgIpc) is 2.88. The molecule has 13 N–H and O–H groups in total. The zero-order valence-electron chi connectivity index (χ0n) is 20.4. The van der Waals surface area contributed by atoms with Crippen molar-refractivity contribution in [3.63, 3.8) is 0 Å². The van der Waals surface area contributed by atoms with Crippen LogP contribution in [0.2, 0.25) is 0 Å². The van der Waals surface area contributed by atoms with Crippen LogP contribution >= 0.6 is 0 Å². The average molecular weight is 588 g/mol. The monoisotopic (exact) mass is 587 g/mol. The SMILES string of the molecule is [NH3+]CCNS(=O)(=O)c1cc(O)c2ccc3c(S(=O)(=O)NCC[NH3+])cc(S(=O)(=O)NCC[NH3+])c4ccc1c2c34. The molecule has 0 aliphatic rings. The maximum absolute atomic E-state index is 13.3. The van der Waals surface area contributed by atoms with Crippen LogP contribution in [-0.2, 0) is 30.1 Å². The van der Waals surface area contributed by atoms with Crippen LogP contribution in [0.25, 0.3) is 32.3 Å². The number of nitrogens with one attached hydrogen (secondary N) is 3. The van der Waals surface area contributed by atoms with E-state index < -0.39 is 30.1 Å². The topological polar surface area (TPSA) is 242 Å². The molecule has 0 amide bonds. The maximum atomic E-state index is 13.3. The van der Waals surface area contributed by atoms with E-state index in [0.29, 0.717) is 6.54 Å². The molecule has 16 heteroatoms. The molecule has 0 radical (unpaired) electrons. The van der Waals surface area contributed by atoms with Gasteiger partial charge in [-0.3, -0.25) is 0 Å². The normalized spacial score (nSPS) is 13.2. The molecule has 0 unspecified atom stereocenters. The number of aromatic hydroxyl groups is 1. The molecular formula is C22H31N6O7S3+3. The second-order valence-corrected chi connectivity index (χ2v) is 13.8. The van der Waals surface area contributed by atoms with Crippen molar-refractivity contribution in [1.82, 2.24) is 14.2 Å². The number of quaternary nitrogens is 3. The lowest BCUT2D eigenvalue weighted by Crippen LogP contribution is -2.55. The second kappa shape index (κ2) is 10.5. The summed E-state index contributed by atoms with van der Waals surface area (Å²) in [6.07, 6.45) is 0. The smallest absolute Gasteiger partial charge is 0.241 e. The van der Waals surface area contributed by atoms with Gasteiger partial charge in [-0.1, -0.05) is 18.2 Å². The highest BCUT2D eigenvalue weighted by Gasteiger charge is 2.29. The third-order valence-electron chi connectivity index (χ3n) is 6.04.